The lowest BCUT2D eigenvalue weighted by Crippen LogP contribution is -2.37. The van der Waals surface area contributed by atoms with Crippen molar-refractivity contribution in [2.24, 2.45) is 5.92 Å². The van der Waals surface area contributed by atoms with Gasteiger partial charge in [0.1, 0.15) is 5.82 Å². The molecular weight excluding hydrogens is 269 g/mol. The number of carbonyl (C=O) groups excluding carboxylic acids is 1. The van der Waals surface area contributed by atoms with Crippen LogP contribution in [0.1, 0.15) is 19.8 Å². The summed E-state index contributed by atoms with van der Waals surface area (Å²) in [6.45, 7) is 3.52. The maximum absolute atomic E-state index is 13.8. The molecule has 1 fully saturated rings. The van der Waals surface area contributed by atoms with Crippen molar-refractivity contribution >= 4 is 23.3 Å². The number of anilines is 1. The Morgan fingerprint density at radius 1 is 1.47 bits per heavy atom. The van der Waals surface area contributed by atoms with Gasteiger partial charge in [0.2, 0.25) is 0 Å². The van der Waals surface area contributed by atoms with Crippen LogP contribution in [0.5, 0.6) is 0 Å². The molecule has 1 aromatic carbocycles. The molecule has 0 saturated carbocycles. The van der Waals surface area contributed by atoms with E-state index in [1.54, 1.807) is 19.1 Å². The summed E-state index contributed by atoms with van der Waals surface area (Å²) in [5, 5.41) is 0.391. The standard InChI is InChI=1S/C14H17ClFNO2/c1-2-19-14(18)10-5-7-17(8-6-10)13-4-3-11(15)9-12(13)16/h3-4,9-10H,2,5-8H2,1H3. The molecule has 5 heteroatoms. The smallest absolute Gasteiger partial charge is 0.309 e. The highest BCUT2D eigenvalue weighted by Crippen LogP contribution is 2.27. The molecule has 0 bridgehead atoms. The Morgan fingerprint density at radius 3 is 2.74 bits per heavy atom. The summed E-state index contributed by atoms with van der Waals surface area (Å²) in [4.78, 5) is 13.6. The summed E-state index contributed by atoms with van der Waals surface area (Å²) in [5.41, 5.74) is 0.548. The van der Waals surface area contributed by atoms with Gasteiger partial charge in [-0.3, -0.25) is 4.79 Å². The van der Waals surface area contributed by atoms with Crippen LogP contribution in [-0.2, 0) is 9.53 Å². The number of benzene rings is 1. The fraction of sp³-hybridized carbons (Fsp3) is 0.500. The number of rotatable bonds is 3. The largest absolute Gasteiger partial charge is 0.466 e. The third kappa shape index (κ3) is 3.38. The van der Waals surface area contributed by atoms with Crippen LogP contribution in [0.2, 0.25) is 5.02 Å². The number of halogens is 2. The summed E-state index contributed by atoms with van der Waals surface area (Å²) < 4.78 is 18.8. The molecular formula is C14H17ClFNO2. The maximum Gasteiger partial charge on any atom is 0.309 e. The average molecular weight is 286 g/mol. The van der Waals surface area contributed by atoms with E-state index in [-0.39, 0.29) is 17.7 Å². The van der Waals surface area contributed by atoms with Gasteiger partial charge in [-0.1, -0.05) is 11.6 Å². The van der Waals surface area contributed by atoms with E-state index in [2.05, 4.69) is 0 Å². The third-order valence-electron chi connectivity index (χ3n) is 3.37. The van der Waals surface area contributed by atoms with Gasteiger partial charge in [0.25, 0.3) is 0 Å². The van der Waals surface area contributed by atoms with E-state index in [1.807, 2.05) is 4.90 Å². The second-order valence-corrected chi connectivity index (χ2v) is 5.05. The molecule has 0 unspecified atom stereocenters. The van der Waals surface area contributed by atoms with Crippen LogP contribution in [-0.4, -0.2) is 25.7 Å². The average Bonchev–Trinajstić information content (AvgIpc) is 2.39. The van der Waals surface area contributed by atoms with Crippen LogP contribution >= 0.6 is 11.6 Å². The fourth-order valence-electron chi connectivity index (χ4n) is 2.35. The first-order valence-electron chi connectivity index (χ1n) is 6.48. The molecule has 1 saturated heterocycles. The molecule has 0 amide bonds. The summed E-state index contributed by atoms with van der Waals surface area (Å²) in [7, 11) is 0. The number of ether oxygens (including phenoxy) is 1. The quantitative estimate of drug-likeness (QED) is 0.799. The van der Waals surface area contributed by atoms with Crippen molar-refractivity contribution in [3.05, 3.63) is 29.0 Å². The monoisotopic (exact) mass is 285 g/mol. The Balaban J connectivity index is 1.98. The summed E-state index contributed by atoms with van der Waals surface area (Å²) in [6, 6.07) is 4.67. The van der Waals surface area contributed by atoms with Gasteiger partial charge in [0.15, 0.2) is 0 Å². The van der Waals surface area contributed by atoms with Gasteiger partial charge in [-0.2, -0.15) is 0 Å². The molecule has 104 valence electrons. The van der Waals surface area contributed by atoms with Crippen molar-refractivity contribution in [3.8, 4) is 0 Å². The van der Waals surface area contributed by atoms with Crippen LogP contribution in [0, 0.1) is 11.7 Å². The van der Waals surface area contributed by atoms with Crippen LogP contribution in [0.25, 0.3) is 0 Å². The van der Waals surface area contributed by atoms with E-state index in [0.29, 0.717) is 43.2 Å². The maximum atomic E-state index is 13.8. The molecule has 0 aromatic heterocycles. The van der Waals surface area contributed by atoms with Crippen molar-refractivity contribution in [1.82, 2.24) is 0 Å². The molecule has 3 nitrogen and oxygen atoms in total. The lowest BCUT2D eigenvalue weighted by molar-refractivity contribution is -0.148. The zero-order valence-corrected chi connectivity index (χ0v) is 11.6. The molecule has 1 heterocycles. The highest BCUT2D eigenvalue weighted by Gasteiger charge is 2.27. The van der Waals surface area contributed by atoms with Crippen molar-refractivity contribution in [1.29, 1.82) is 0 Å². The topological polar surface area (TPSA) is 29.5 Å². The third-order valence-corrected chi connectivity index (χ3v) is 3.60. The second-order valence-electron chi connectivity index (χ2n) is 4.61. The molecule has 2 rings (SSSR count). The van der Waals surface area contributed by atoms with Crippen molar-refractivity contribution in [3.63, 3.8) is 0 Å². The molecule has 0 radical (unpaired) electrons. The van der Waals surface area contributed by atoms with Gasteiger partial charge < -0.3 is 9.64 Å². The number of piperidine rings is 1. The zero-order valence-electron chi connectivity index (χ0n) is 10.9. The Kier molecular flexibility index (Phi) is 4.64. The minimum absolute atomic E-state index is 0.0634. The van der Waals surface area contributed by atoms with E-state index < -0.39 is 0 Å². The predicted octanol–water partition coefficient (Wildman–Crippen LogP) is 3.26. The Hall–Kier alpha value is -1.29. The van der Waals surface area contributed by atoms with E-state index >= 15 is 0 Å². The van der Waals surface area contributed by atoms with Gasteiger partial charge in [0, 0.05) is 18.1 Å². The lowest BCUT2D eigenvalue weighted by Gasteiger charge is -2.32. The molecule has 1 aliphatic rings. The van der Waals surface area contributed by atoms with Gasteiger partial charge in [-0.25, -0.2) is 4.39 Å². The number of hydrogen-bond donors (Lipinski definition) is 0. The molecule has 19 heavy (non-hydrogen) atoms. The van der Waals surface area contributed by atoms with Gasteiger partial charge >= 0.3 is 5.97 Å². The van der Waals surface area contributed by atoms with Crippen LogP contribution in [0.3, 0.4) is 0 Å². The number of esters is 1. The van der Waals surface area contributed by atoms with E-state index in [9.17, 15) is 9.18 Å². The van der Waals surface area contributed by atoms with E-state index in [1.165, 1.54) is 6.07 Å². The molecule has 0 N–H and O–H groups in total. The molecule has 0 atom stereocenters. The van der Waals surface area contributed by atoms with Crippen LogP contribution in [0.4, 0.5) is 10.1 Å². The summed E-state index contributed by atoms with van der Waals surface area (Å²) in [6.07, 6.45) is 1.39. The first-order chi connectivity index (χ1) is 9.11. The Bertz CT molecular complexity index is 459. The minimum atomic E-state index is -0.318. The highest BCUT2D eigenvalue weighted by atomic mass is 35.5. The molecule has 0 aliphatic carbocycles. The van der Waals surface area contributed by atoms with Crippen molar-refractivity contribution in [2.45, 2.75) is 19.8 Å². The Morgan fingerprint density at radius 2 is 2.16 bits per heavy atom. The number of carbonyl (C=O) groups is 1. The Labute approximate surface area is 117 Å². The lowest BCUT2D eigenvalue weighted by atomic mass is 9.96. The molecule has 1 aromatic rings. The van der Waals surface area contributed by atoms with Crippen LogP contribution < -0.4 is 4.90 Å². The first-order valence-corrected chi connectivity index (χ1v) is 6.86. The second kappa shape index (κ2) is 6.24. The van der Waals surface area contributed by atoms with Gasteiger partial charge in [0.05, 0.1) is 18.2 Å². The fourth-order valence-corrected chi connectivity index (χ4v) is 2.51. The first kappa shape index (κ1) is 14.1. The predicted molar refractivity (Wildman–Crippen MR) is 73.0 cm³/mol. The number of hydrogen-bond acceptors (Lipinski definition) is 3. The molecule has 1 aliphatic heterocycles. The van der Waals surface area contributed by atoms with E-state index in [0.717, 1.165) is 0 Å². The summed E-state index contributed by atoms with van der Waals surface area (Å²) >= 11 is 5.74. The normalized spacial score (nSPS) is 16.5. The van der Waals surface area contributed by atoms with Gasteiger partial charge in [-0.05, 0) is 38.0 Å². The van der Waals surface area contributed by atoms with Crippen LogP contribution in [0.15, 0.2) is 18.2 Å². The van der Waals surface area contributed by atoms with Crippen molar-refractivity contribution < 1.29 is 13.9 Å². The highest BCUT2D eigenvalue weighted by molar-refractivity contribution is 6.30. The minimum Gasteiger partial charge on any atom is -0.466 e. The van der Waals surface area contributed by atoms with Gasteiger partial charge in [-0.15, -0.1) is 0 Å². The SMILES string of the molecule is CCOC(=O)C1CCN(c2ccc(Cl)cc2F)CC1. The number of nitrogens with zero attached hydrogens (tertiary/aromatic N) is 1. The van der Waals surface area contributed by atoms with Crippen molar-refractivity contribution in [2.75, 3.05) is 24.6 Å². The zero-order chi connectivity index (χ0) is 13.8. The molecule has 0 spiro atoms. The van der Waals surface area contributed by atoms with E-state index in [4.69, 9.17) is 16.3 Å². The summed E-state index contributed by atoms with van der Waals surface area (Å²) in [5.74, 6) is -0.521.